The molecule has 1 saturated heterocycles. The second kappa shape index (κ2) is 6.72. The van der Waals surface area contributed by atoms with Crippen molar-refractivity contribution in [3.63, 3.8) is 0 Å². The van der Waals surface area contributed by atoms with Crippen LogP contribution in [0.4, 0.5) is 9.18 Å². The number of urea groups is 1. The van der Waals surface area contributed by atoms with Crippen LogP contribution in [0.25, 0.3) is 0 Å². The summed E-state index contributed by atoms with van der Waals surface area (Å²) in [5.74, 6) is -0.254. The number of hydrogen-bond acceptors (Lipinski definition) is 3. The smallest absolute Gasteiger partial charge is 0.325 e. The summed E-state index contributed by atoms with van der Waals surface area (Å²) in [6, 6.07) is 11.8. The van der Waals surface area contributed by atoms with E-state index in [1.165, 1.54) is 24.3 Å². The number of carbonyl (C=O) groups excluding carboxylic acids is 2. The highest BCUT2D eigenvalue weighted by Crippen LogP contribution is 2.28. The molecule has 1 atom stereocenters. The molecule has 2 aromatic carbocycles. The SMILES string of the molecule is CC1(c2ccc(F)cc2)NC(=O)N(CCOc2cccc(Cl)c2)C1=O. The molecule has 0 aromatic heterocycles. The van der Waals surface area contributed by atoms with E-state index in [1.54, 1.807) is 31.2 Å². The molecule has 3 rings (SSSR count). The van der Waals surface area contributed by atoms with Crippen LogP contribution in [-0.2, 0) is 10.3 Å². The van der Waals surface area contributed by atoms with Gasteiger partial charge in [-0.15, -0.1) is 0 Å². The topological polar surface area (TPSA) is 58.6 Å². The molecule has 7 heteroatoms. The van der Waals surface area contributed by atoms with Crippen molar-refractivity contribution in [3.05, 3.63) is 64.9 Å². The monoisotopic (exact) mass is 362 g/mol. The molecule has 1 N–H and O–H groups in total. The van der Waals surface area contributed by atoms with Gasteiger partial charge in [0.05, 0.1) is 6.54 Å². The Labute approximate surface area is 149 Å². The first-order valence-electron chi connectivity index (χ1n) is 7.69. The van der Waals surface area contributed by atoms with Crippen molar-refractivity contribution >= 4 is 23.5 Å². The maximum Gasteiger partial charge on any atom is 0.325 e. The van der Waals surface area contributed by atoms with Crippen LogP contribution in [0.1, 0.15) is 12.5 Å². The lowest BCUT2D eigenvalue weighted by Crippen LogP contribution is -2.41. The van der Waals surface area contributed by atoms with Gasteiger partial charge in [0.1, 0.15) is 23.7 Å². The zero-order valence-corrected chi connectivity index (χ0v) is 14.2. The third kappa shape index (κ3) is 3.44. The van der Waals surface area contributed by atoms with Crippen LogP contribution in [0, 0.1) is 5.82 Å². The molecule has 1 aliphatic rings. The van der Waals surface area contributed by atoms with Gasteiger partial charge in [-0.2, -0.15) is 0 Å². The van der Waals surface area contributed by atoms with Crippen molar-refractivity contribution in [2.24, 2.45) is 0 Å². The molecule has 1 aliphatic heterocycles. The Bertz CT molecular complexity index is 812. The van der Waals surface area contributed by atoms with Crippen molar-refractivity contribution in [1.29, 1.82) is 0 Å². The zero-order valence-electron chi connectivity index (χ0n) is 13.5. The number of rotatable bonds is 5. The quantitative estimate of drug-likeness (QED) is 0.830. The molecule has 1 unspecified atom stereocenters. The van der Waals surface area contributed by atoms with Gasteiger partial charge in [0.25, 0.3) is 5.91 Å². The van der Waals surface area contributed by atoms with E-state index in [2.05, 4.69) is 5.32 Å². The molecule has 0 aliphatic carbocycles. The summed E-state index contributed by atoms with van der Waals surface area (Å²) in [6.07, 6.45) is 0. The molecule has 1 heterocycles. The van der Waals surface area contributed by atoms with Crippen LogP contribution < -0.4 is 10.1 Å². The first kappa shape index (κ1) is 17.2. The Morgan fingerprint density at radius 2 is 1.92 bits per heavy atom. The minimum absolute atomic E-state index is 0.0912. The van der Waals surface area contributed by atoms with Crippen molar-refractivity contribution < 1.29 is 18.7 Å². The zero-order chi connectivity index (χ0) is 18.0. The van der Waals surface area contributed by atoms with Gasteiger partial charge in [-0.1, -0.05) is 29.8 Å². The van der Waals surface area contributed by atoms with E-state index >= 15 is 0 Å². The van der Waals surface area contributed by atoms with Gasteiger partial charge in [0.15, 0.2) is 0 Å². The second-order valence-electron chi connectivity index (χ2n) is 5.82. The first-order chi connectivity index (χ1) is 11.9. The Kier molecular flexibility index (Phi) is 4.63. The number of hydrogen-bond donors (Lipinski definition) is 1. The number of carbonyl (C=O) groups is 2. The molecule has 0 bridgehead atoms. The summed E-state index contributed by atoms with van der Waals surface area (Å²) in [5.41, 5.74) is -0.702. The van der Waals surface area contributed by atoms with E-state index in [-0.39, 0.29) is 13.2 Å². The lowest BCUT2D eigenvalue weighted by Gasteiger charge is -2.22. The van der Waals surface area contributed by atoms with Crippen molar-refractivity contribution in [2.45, 2.75) is 12.5 Å². The molecule has 3 amide bonds. The predicted octanol–water partition coefficient (Wildman–Crippen LogP) is 3.33. The lowest BCUT2D eigenvalue weighted by atomic mass is 9.92. The van der Waals surface area contributed by atoms with E-state index in [9.17, 15) is 14.0 Å². The normalized spacial score (nSPS) is 19.9. The van der Waals surface area contributed by atoms with E-state index in [4.69, 9.17) is 16.3 Å². The molecular formula is C18H16ClFN2O3. The van der Waals surface area contributed by atoms with E-state index in [0.29, 0.717) is 16.3 Å². The highest BCUT2D eigenvalue weighted by atomic mass is 35.5. The Morgan fingerprint density at radius 3 is 2.60 bits per heavy atom. The van der Waals surface area contributed by atoms with Crippen LogP contribution >= 0.6 is 11.6 Å². The third-order valence-corrected chi connectivity index (χ3v) is 4.31. The Morgan fingerprint density at radius 1 is 1.20 bits per heavy atom. The standard InChI is InChI=1S/C18H16ClFN2O3/c1-18(12-5-7-14(20)8-6-12)16(23)22(17(24)21-18)9-10-25-15-4-2-3-13(19)11-15/h2-8,11H,9-10H2,1H3,(H,21,24). The fourth-order valence-corrected chi connectivity index (χ4v) is 2.87. The number of imide groups is 1. The first-order valence-corrected chi connectivity index (χ1v) is 8.06. The van der Waals surface area contributed by atoms with Crippen LogP contribution in [0.5, 0.6) is 5.75 Å². The highest BCUT2D eigenvalue weighted by Gasteiger charge is 2.48. The van der Waals surface area contributed by atoms with Gasteiger partial charge in [-0.3, -0.25) is 9.69 Å². The molecule has 0 spiro atoms. The van der Waals surface area contributed by atoms with Crippen molar-refractivity contribution in [3.8, 4) is 5.75 Å². The fourth-order valence-electron chi connectivity index (χ4n) is 2.69. The van der Waals surface area contributed by atoms with E-state index in [1.807, 2.05) is 0 Å². The summed E-state index contributed by atoms with van der Waals surface area (Å²) < 4.78 is 18.6. The van der Waals surface area contributed by atoms with Gasteiger partial charge in [-0.25, -0.2) is 9.18 Å². The molecule has 25 heavy (non-hydrogen) atoms. The Balaban J connectivity index is 1.68. The lowest BCUT2D eigenvalue weighted by molar-refractivity contribution is -0.131. The number of amides is 3. The van der Waals surface area contributed by atoms with Crippen molar-refractivity contribution in [2.75, 3.05) is 13.2 Å². The fraction of sp³-hybridized carbons (Fsp3) is 0.222. The predicted molar refractivity (Wildman–Crippen MR) is 90.9 cm³/mol. The number of ether oxygens (including phenoxy) is 1. The summed E-state index contributed by atoms with van der Waals surface area (Å²) in [6.45, 7) is 1.82. The van der Waals surface area contributed by atoms with Gasteiger partial charge in [0, 0.05) is 5.02 Å². The minimum Gasteiger partial charge on any atom is -0.492 e. The molecule has 0 saturated carbocycles. The Hall–Kier alpha value is -2.60. The molecule has 130 valence electrons. The van der Waals surface area contributed by atoms with Crippen LogP contribution in [0.2, 0.25) is 5.02 Å². The average Bonchev–Trinajstić information content (AvgIpc) is 2.79. The number of nitrogens with one attached hydrogen (secondary N) is 1. The van der Waals surface area contributed by atoms with Gasteiger partial charge in [0.2, 0.25) is 0 Å². The third-order valence-electron chi connectivity index (χ3n) is 4.08. The largest absolute Gasteiger partial charge is 0.492 e. The van der Waals surface area contributed by atoms with Crippen LogP contribution in [0.3, 0.4) is 0 Å². The molecule has 1 fully saturated rings. The van der Waals surface area contributed by atoms with Gasteiger partial charge in [-0.05, 0) is 42.8 Å². The molecule has 0 radical (unpaired) electrons. The highest BCUT2D eigenvalue weighted by molar-refractivity contribution is 6.30. The summed E-state index contributed by atoms with van der Waals surface area (Å²) >= 11 is 5.88. The van der Waals surface area contributed by atoms with E-state index < -0.39 is 23.3 Å². The molecule has 2 aromatic rings. The van der Waals surface area contributed by atoms with Crippen LogP contribution in [0.15, 0.2) is 48.5 Å². The van der Waals surface area contributed by atoms with Gasteiger partial charge >= 0.3 is 6.03 Å². The van der Waals surface area contributed by atoms with E-state index in [0.717, 1.165) is 4.90 Å². The van der Waals surface area contributed by atoms with Gasteiger partial charge < -0.3 is 10.1 Å². The number of halogens is 2. The maximum absolute atomic E-state index is 13.1. The molecule has 5 nitrogen and oxygen atoms in total. The van der Waals surface area contributed by atoms with Crippen molar-refractivity contribution in [1.82, 2.24) is 10.2 Å². The minimum atomic E-state index is -1.22. The molecular weight excluding hydrogens is 347 g/mol. The summed E-state index contributed by atoms with van der Waals surface area (Å²) in [7, 11) is 0. The number of nitrogens with zero attached hydrogens (tertiary/aromatic N) is 1. The summed E-state index contributed by atoms with van der Waals surface area (Å²) in [5, 5.41) is 3.20. The number of benzene rings is 2. The summed E-state index contributed by atoms with van der Waals surface area (Å²) in [4.78, 5) is 26.0. The van der Waals surface area contributed by atoms with Crippen LogP contribution in [-0.4, -0.2) is 30.0 Å². The average molecular weight is 363 g/mol. The maximum atomic E-state index is 13.1. The second-order valence-corrected chi connectivity index (χ2v) is 6.26.